The Balaban J connectivity index is 2.07. The molecule has 1 unspecified atom stereocenters. The fourth-order valence-corrected chi connectivity index (χ4v) is 2.13. The van der Waals surface area contributed by atoms with Crippen molar-refractivity contribution in [2.24, 2.45) is 0 Å². The van der Waals surface area contributed by atoms with Gasteiger partial charge in [-0.3, -0.25) is 0 Å². The van der Waals surface area contributed by atoms with Crippen molar-refractivity contribution in [1.82, 2.24) is 14.9 Å². The molecule has 94 valence electrons. The number of methoxy groups -OCH3 is 1. The van der Waals surface area contributed by atoms with Gasteiger partial charge in [0.05, 0.1) is 7.11 Å². The summed E-state index contributed by atoms with van der Waals surface area (Å²) in [6.45, 7) is 2.16. The number of nitrogens with one attached hydrogen (secondary N) is 1. The molecule has 0 radical (unpaired) electrons. The zero-order valence-corrected chi connectivity index (χ0v) is 10.3. The fourth-order valence-electron chi connectivity index (χ4n) is 2.13. The Kier molecular flexibility index (Phi) is 3.63. The average Bonchev–Trinajstić information content (AvgIpc) is 2.32. The van der Waals surface area contributed by atoms with Crippen molar-refractivity contribution in [1.29, 1.82) is 0 Å². The Morgan fingerprint density at radius 1 is 1.53 bits per heavy atom. The van der Waals surface area contributed by atoms with Gasteiger partial charge in [0, 0.05) is 12.6 Å². The van der Waals surface area contributed by atoms with Gasteiger partial charge >= 0.3 is 0 Å². The van der Waals surface area contributed by atoms with Gasteiger partial charge in [0.15, 0.2) is 5.82 Å². The van der Waals surface area contributed by atoms with Crippen molar-refractivity contribution in [2.75, 3.05) is 38.3 Å². The number of nitrogens with two attached hydrogens (primary N) is 1. The zero-order chi connectivity index (χ0) is 12.3. The zero-order valence-electron chi connectivity index (χ0n) is 10.3. The first-order valence-corrected chi connectivity index (χ1v) is 5.80. The van der Waals surface area contributed by atoms with E-state index in [-0.39, 0.29) is 0 Å². The summed E-state index contributed by atoms with van der Waals surface area (Å²) in [4.78, 5) is 10.4. The first-order valence-electron chi connectivity index (χ1n) is 5.80. The Labute approximate surface area is 101 Å². The highest BCUT2D eigenvalue weighted by atomic mass is 16.5. The number of anilines is 2. The van der Waals surface area contributed by atoms with Crippen LogP contribution < -0.4 is 15.8 Å². The lowest BCUT2D eigenvalue weighted by molar-refractivity contribution is 0.260. The molecule has 1 aromatic rings. The maximum absolute atomic E-state index is 5.92. The second-order valence-electron chi connectivity index (χ2n) is 4.39. The standard InChI is InChI=1S/C11H19N5O/c1-16-5-3-4-8(6-16)15-10-9(12)11(17-2)14-7-13-10/h7-8H,3-6,12H2,1-2H3,(H,13,14,15). The SMILES string of the molecule is COc1ncnc(NC2CCCN(C)C2)c1N. The molecule has 0 spiro atoms. The van der Waals surface area contributed by atoms with Crippen molar-refractivity contribution in [3.63, 3.8) is 0 Å². The quantitative estimate of drug-likeness (QED) is 0.800. The number of rotatable bonds is 3. The molecule has 1 aromatic heterocycles. The van der Waals surface area contributed by atoms with E-state index < -0.39 is 0 Å². The number of likely N-dealkylation sites (N-methyl/N-ethyl adjacent to an activating group) is 1. The third-order valence-electron chi connectivity index (χ3n) is 3.01. The van der Waals surface area contributed by atoms with Gasteiger partial charge in [0.1, 0.15) is 12.0 Å². The van der Waals surface area contributed by atoms with Crippen molar-refractivity contribution < 1.29 is 4.74 Å². The molecule has 1 atom stereocenters. The number of nitrogen functional groups attached to an aromatic ring is 1. The van der Waals surface area contributed by atoms with Gasteiger partial charge in [-0.05, 0) is 26.4 Å². The molecule has 0 bridgehead atoms. The van der Waals surface area contributed by atoms with E-state index in [9.17, 15) is 0 Å². The van der Waals surface area contributed by atoms with E-state index in [4.69, 9.17) is 10.5 Å². The lowest BCUT2D eigenvalue weighted by atomic mass is 10.1. The van der Waals surface area contributed by atoms with Crippen LogP contribution in [-0.4, -0.2) is 48.2 Å². The first kappa shape index (κ1) is 11.9. The minimum Gasteiger partial charge on any atom is -0.479 e. The van der Waals surface area contributed by atoms with E-state index in [1.807, 2.05) is 0 Å². The summed E-state index contributed by atoms with van der Waals surface area (Å²) < 4.78 is 5.07. The van der Waals surface area contributed by atoms with E-state index in [1.165, 1.54) is 12.7 Å². The number of likely N-dealkylation sites (tertiary alicyclic amines) is 1. The van der Waals surface area contributed by atoms with E-state index in [0.29, 0.717) is 23.4 Å². The molecule has 6 nitrogen and oxygen atoms in total. The number of hydrogen-bond donors (Lipinski definition) is 2. The van der Waals surface area contributed by atoms with Crippen LogP contribution in [0.1, 0.15) is 12.8 Å². The summed E-state index contributed by atoms with van der Waals surface area (Å²) in [5, 5.41) is 3.36. The van der Waals surface area contributed by atoms with E-state index in [2.05, 4.69) is 27.2 Å². The number of hydrogen-bond acceptors (Lipinski definition) is 6. The molecule has 1 aliphatic rings. The Morgan fingerprint density at radius 3 is 3.06 bits per heavy atom. The van der Waals surface area contributed by atoms with Crippen LogP contribution in [0.15, 0.2) is 6.33 Å². The predicted molar refractivity (Wildman–Crippen MR) is 67.1 cm³/mol. The Hall–Kier alpha value is -1.56. The van der Waals surface area contributed by atoms with Gasteiger partial charge in [0.2, 0.25) is 5.88 Å². The number of piperidine rings is 1. The summed E-state index contributed by atoms with van der Waals surface area (Å²) in [5.41, 5.74) is 6.39. The van der Waals surface area contributed by atoms with Crippen LogP contribution in [0.5, 0.6) is 5.88 Å². The normalized spacial score (nSPS) is 21.2. The molecule has 2 rings (SSSR count). The molecule has 2 heterocycles. The maximum Gasteiger partial charge on any atom is 0.242 e. The minimum atomic E-state index is 0.385. The van der Waals surface area contributed by atoms with Gasteiger partial charge in [-0.2, -0.15) is 4.98 Å². The van der Waals surface area contributed by atoms with Crippen LogP contribution in [0.2, 0.25) is 0 Å². The van der Waals surface area contributed by atoms with Crippen molar-refractivity contribution in [3.8, 4) is 5.88 Å². The highest BCUT2D eigenvalue weighted by Gasteiger charge is 2.19. The Bertz CT molecular complexity index is 384. The number of aromatic nitrogens is 2. The molecule has 17 heavy (non-hydrogen) atoms. The molecule has 6 heteroatoms. The summed E-state index contributed by atoms with van der Waals surface area (Å²) in [7, 11) is 3.68. The molecule has 1 saturated heterocycles. The average molecular weight is 237 g/mol. The topological polar surface area (TPSA) is 76.3 Å². The second-order valence-corrected chi connectivity index (χ2v) is 4.39. The third kappa shape index (κ3) is 2.76. The van der Waals surface area contributed by atoms with Crippen molar-refractivity contribution in [3.05, 3.63) is 6.33 Å². The molecular weight excluding hydrogens is 218 g/mol. The molecule has 0 aromatic carbocycles. The van der Waals surface area contributed by atoms with Gasteiger partial charge in [-0.1, -0.05) is 0 Å². The smallest absolute Gasteiger partial charge is 0.242 e. The molecular formula is C11H19N5O. The molecule has 0 saturated carbocycles. The van der Waals surface area contributed by atoms with E-state index >= 15 is 0 Å². The summed E-state index contributed by atoms with van der Waals surface area (Å²) in [6, 6.07) is 0.385. The highest BCUT2D eigenvalue weighted by molar-refractivity contribution is 5.66. The summed E-state index contributed by atoms with van der Waals surface area (Å²) >= 11 is 0. The molecule has 1 fully saturated rings. The van der Waals surface area contributed by atoms with Crippen LogP contribution in [0.4, 0.5) is 11.5 Å². The molecule has 0 amide bonds. The largest absolute Gasteiger partial charge is 0.479 e. The Morgan fingerprint density at radius 2 is 2.35 bits per heavy atom. The second kappa shape index (κ2) is 5.18. The summed E-state index contributed by atoms with van der Waals surface area (Å²) in [5.74, 6) is 1.09. The third-order valence-corrected chi connectivity index (χ3v) is 3.01. The van der Waals surface area contributed by atoms with Crippen LogP contribution in [0.3, 0.4) is 0 Å². The summed E-state index contributed by atoms with van der Waals surface area (Å²) in [6.07, 6.45) is 3.79. The predicted octanol–water partition coefficient (Wildman–Crippen LogP) is 0.573. The van der Waals surface area contributed by atoms with Gasteiger partial charge < -0.3 is 20.7 Å². The van der Waals surface area contributed by atoms with E-state index in [0.717, 1.165) is 19.5 Å². The van der Waals surface area contributed by atoms with Gasteiger partial charge in [-0.25, -0.2) is 4.98 Å². The monoisotopic (exact) mass is 237 g/mol. The van der Waals surface area contributed by atoms with Gasteiger partial charge in [0.25, 0.3) is 0 Å². The van der Waals surface area contributed by atoms with Crippen molar-refractivity contribution in [2.45, 2.75) is 18.9 Å². The van der Waals surface area contributed by atoms with Crippen LogP contribution in [-0.2, 0) is 0 Å². The first-order chi connectivity index (χ1) is 8.20. The number of ether oxygens (including phenoxy) is 1. The lowest BCUT2D eigenvalue weighted by Gasteiger charge is -2.30. The van der Waals surface area contributed by atoms with Crippen LogP contribution in [0, 0.1) is 0 Å². The minimum absolute atomic E-state index is 0.385. The number of nitrogens with zero attached hydrogens (tertiary/aromatic N) is 3. The lowest BCUT2D eigenvalue weighted by Crippen LogP contribution is -2.40. The molecule has 1 aliphatic heterocycles. The van der Waals surface area contributed by atoms with Crippen molar-refractivity contribution >= 4 is 11.5 Å². The van der Waals surface area contributed by atoms with Crippen LogP contribution >= 0.6 is 0 Å². The van der Waals surface area contributed by atoms with E-state index in [1.54, 1.807) is 7.11 Å². The van der Waals surface area contributed by atoms with Crippen LogP contribution in [0.25, 0.3) is 0 Å². The molecule has 0 aliphatic carbocycles. The van der Waals surface area contributed by atoms with Gasteiger partial charge in [-0.15, -0.1) is 0 Å². The molecule has 3 N–H and O–H groups in total. The fraction of sp³-hybridized carbons (Fsp3) is 0.636. The maximum atomic E-state index is 5.92. The highest BCUT2D eigenvalue weighted by Crippen LogP contribution is 2.25.